The van der Waals surface area contributed by atoms with Crippen molar-refractivity contribution in [1.29, 1.82) is 0 Å². The number of anilines is 1. The third-order valence-corrected chi connectivity index (χ3v) is 3.30. The van der Waals surface area contributed by atoms with Crippen LogP contribution in [-0.4, -0.2) is 17.0 Å². The maximum Gasteiger partial charge on any atom is 0.142 e. The van der Waals surface area contributed by atoms with E-state index in [9.17, 15) is 0 Å². The second-order valence-corrected chi connectivity index (χ2v) is 4.88. The molecule has 0 spiro atoms. The topological polar surface area (TPSA) is 37.8 Å². The molecular weight excluding hydrogens is 325 g/mol. The van der Waals surface area contributed by atoms with E-state index in [1.54, 1.807) is 0 Å². The van der Waals surface area contributed by atoms with E-state index >= 15 is 0 Å². The van der Waals surface area contributed by atoms with Crippen LogP contribution in [0.15, 0.2) is 36.5 Å². The summed E-state index contributed by atoms with van der Waals surface area (Å²) in [5.41, 5.74) is 1.32. The quantitative estimate of drug-likeness (QED) is 0.871. The monoisotopic (exact) mass is 339 g/mol. The lowest BCUT2D eigenvalue weighted by Gasteiger charge is -2.05. The molecule has 0 aliphatic rings. The van der Waals surface area contributed by atoms with Crippen molar-refractivity contribution in [2.24, 2.45) is 0 Å². The van der Waals surface area contributed by atoms with Gasteiger partial charge in [0.15, 0.2) is 0 Å². The smallest absolute Gasteiger partial charge is 0.142 e. The maximum absolute atomic E-state index is 4.48. The Morgan fingerprint density at radius 2 is 1.94 bits per heavy atom. The van der Waals surface area contributed by atoms with Gasteiger partial charge in [0.05, 0.1) is 3.57 Å². The summed E-state index contributed by atoms with van der Waals surface area (Å²) >= 11 is 2.23. The number of aromatic nitrogens is 2. The van der Waals surface area contributed by atoms with E-state index in [1.165, 1.54) is 5.56 Å². The van der Waals surface area contributed by atoms with Crippen LogP contribution < -0.4 is 5.32 Å². The summed E-state index contributed by atoms with van der Waals surface area (Å²) in [6.45, 7) is 0. The van der Waals surface area contributed by atoms with E-state index < -0.39 is 0 Å². The number of benzene rings is 1. The molecule has 0 fully saturated rings. The van der Waals surface area contributed by atoms with Gasteiger partial charge in [-0.3, -0.25) is 0 Å². The zero-order valence-electron chi connectivity index (χ0n) is 9.65. The minimum Gasteiger partial charge on any atom is -0.372 e. The first-order valence-electron chi connectivity index (χ1n) is 5.52. The van der Waals surface area contributed by atoms with Gasteiger partial charge in [-0.05, 0) is 34.6 Å². The molecule has 0 saturated heterocycles. The van der Waals surface area contributed by atoms with Gasteiger partial charge >= 0.3 is 0 Å². The first-order chi connectivity index (χ1) is 8.29. The van der Waals surface area contributed by atoms with Crippen LogP contribution in [0.25, 0.3) is 0 Å². The van der Waals surface area contributed by atoms with Crippen LogP contribution >= 0.6 is 22.6 Å². The van der Waals surface area contributed by atoms with Gasteiger partial charge in [-0.15, -0.1) is 0 Å². The Kier molecular flexibility index (Phi) is 4.30. The highest BCUT2D eigenvalue weighted by Gasteiger charge is 2.03. The van der Waals surface area contributed by atoms with E-state index in [2.05, 4.69) is 62.1 Å². The Bertz CT molecular complexity index is 485. The Morgan fingerprint density at radius 1 is 1.18 bits per heavy atom. The molecule has 0 aliphatic carbocycles. The summed E-state index contributed by atoms with van der Waals surface area (Å²) in [6.07, 6.45) is 3.71. The number of halogens is 1. The summed E-state index contributed by atoms with van der Waals surface area (Å²) in [4.78, 5) is 8.82. The predicted octanol–water partition coefficient (Wildman–Crippen LogP) is 2.91. The minimum absolute atomic E-state index is 0.871. The van der Waals surface area contributed by atoms with Crippen molar-refractivity contribution in [1.82, 2.24) is 9.97 Å². The first kappa shape index (κ1) is 12.3. The summed E-state index contributed by atoms with van der Waals surface area (Å²) in [5.74, 6) is 1.79. The first-order valence-corrected chi connectivity index (χ1v) is 6.60. The number of nitrogens with one attached hydrogen (secondary N) is 1. The van der Waals surface area contributed by atoms with Gasteiger partial charge in [-0.2, -0.15) is 0 Å². The molecule has 2 rings (SSSR count). The van der Waals surface area contributed by atoms with Gasteiger partial charge in [0.1, 0.15) is 11.6 Å². The van der Waals surface area contributed by atoms with Crippen LogP contribution in [0.3, 0.4) is 0 Å². The fourth-order valence-corrected chi connectivity index (χ4v) is 2.13. The van der Waals surface area contributed by atoms with Crippen molar-refractivity contribution in [2.75, 3.05) is 12.4 Å². The minimum atomic E-state index is 0.871. The number of aryl methyl sites for hydroxylation is 2. The molecule has 17 heavy (non-hydrogen) atoms. The van der Waals surface area contributed by atoms with Crippen LogP contribution in [0.4, 0.5) is 5.82 Å². The number of hydrogen-bond donors (Lipinski definition) is 1. The van der Waals surface area contributed by atoms with Crippen molar-refractivity contribution in [3.63, 3.8) is 0 Å². The van der Waals surface area contributed by atoms with Gasteiger partial charge in [0.25, 0.3) is 0 Å². The van der Waals surface area contributed by atoms with Crippen molar-refractivity contribution in [3.8, 4) is 0 Å². The van der Waals surface area contributed by atoms with E-state index in [1.807, 2.05) is 19.3 Å². The normalized spacial score (nSPS) is 10.2. The van der Waals surface area contributed by atoms with E-state index in [4.69, 9.17) is 0 Å². The highest BCUT2D eigenvalue weighted by Crippen LogP contribution is 2.14. The molecule has 0 amide bonds. The molecule has 0 aliphatic heterocycles. The molecule has 0 radical (unpaired) electrons. The molecule has 1 heterocycles. The molecular formula is C13H14IN3. The van der Waals surface area contributed by atoms with Crippen LogP contribution in [0.5, 0.6) is 0 Å². The lowest BCUT2D eigenvalue weighted by Crippen LogP contribution is -2.03. The van der Waals surface area contributed by atoms with E-state index in [0.717, 1.165) is 28.1 Å². The predicted molar refractivity (Wildman–Crippen MR) is 78.1 cm³/mol. The molecule has 88 valence electrons. The summed E-state index contributed by atoms with van der Waals surface area (Å²) in [7, 11) is 1.88. The molecule has 3 nitrogen and oxygen atoms in total. The van der Waals surface area contributed by atoms with Gasteiger partial charge in [-0.1, -0.05) is 30.3 Å². The zero-order valence-corrected chi connectivity index (χ0v) is 11.8. The van der Waals surface area contributed by atoms with Crippen molar-refractivity contribution in [3.05, 3.63) is 51.5 Å². The third-order valence-electron chi connectivity index (χ3n) is 2.51. The summed E-state index contributed by atoms with van der Waals surface area (Å²) in [6, 6.07) is 10.4. The van der Waals surface area contributed by atoms with Gasteiger partial charge in [0.2, 0.25) is 0 Å². The zero-order chi connectivity index (χ0) is 12.1. The Balaban J connectivity index is 2.04. The van der Waals surface area contributed by atoms with E-state index in [0.29, 0.717) is 0 Å². The molecule has 0 saturated carbocycles. The highest BCUT2D eigenvalue weighted by atomic mass is 127. The Hall–Kier alpha value is -1.17. The van der Waals surface area contributed by atoms with Gasteiger partial charge < -0.3 is 5.32 Å². The fraction of sp³-hybridized carbons (Fsp3) is 0.231. The molecule has 1 aromatic heterocycles. The van der Waals surface area contributed by atoms with Gasteiger partial charge in [0, 0.05) is 19.7 Å². The summed E-state index contributed by atoms with van der Waals surface area (Å²) in [5, 5.41) is 3.08. The highest BCUT2D eigenvalue weighted by molar-refractivity contribution is 14.1. The largest absolute Gasteiger partial charge is 0.372 e. The molecule has 2 aromatic rings. The Morgan fingerprint density at radius 3 is 2.65 bits per heavy atom. The van der Waals surface area contributed by atoms with E-state index in [-0.39, 0.29) is 0 Å². The molecule has 0 atom stereocenters. The van der Waals surface area contributed by atoms with Crippen LogP contribution in [0, 0.1) is 3.57 Å². The average Bonchev–Trinajstić information content (AvgIpc) is 2.39. The van der Waals surface area contributed by atoms with Crippen molar-refractivity contribution in [2.45, 2.75) is 12.8 Å². The Labute approximate surface area is 115 Å². The maximum atomic E-state index is 4.48. The van der Waals surface area contributed by atoms with Crippen LogP contribution in [0.1, 0.15) is 11.4 Å². The third kappa shape index (κ3) is 3.39. The lowest BCUT2D eigenvalue weighted by molar-refractivity contribution is 0.856. The van der Waals surface area contributed by atoms with Crippen molar-refractivity contribution >= 4 is 28.4 Å². The van der Waals surface area contributed by atoms with Crippen LogP contribution in [-0.2, 0) is 12.8 Å². The summed E-state index contributed by atoms with van der Waals surface area (Å²) < 4.78 is 1.05. The van der Waals surface area contributed by atoms with Crippen LogP contribution in [0.2, 0.25) is 0 Å². The van der Waals surface area contributed by atoms with Crippen molar-refractivity contribution < 1.29 is 0 Å². The van der Waals surface area contributed by atoms with Gasteiger partial charge in [-0.25, -0.2) is 9.97 Å². The molecule has 1 aromatic carbocycles. The lowest BCUT2D eigenvalue weighted by atomic mass is 10.1. The molecule has 0 unspecified atom stereocenters. The molecule has 4 heteroatoms. The molecule has 1 N–H and O–H groups in total. The number of rotatable bonds is 4. The molecule has 0 bridgehead atoms. The number of nitrogens with zero attached hydrogens (tertiary/aromatic N) is 2. The second-order valence-electron chi connectivity index (χ2n) is 3.72. The number of hydrogen-bond acceptors (Lipinski definition) is 3. The SMILES string of the molecule is CNc1nc(CCc2ccccc2)ncc1I. The standard InChI is InChI=1S/C13H14IN3/c1-15-13-11(14)9-16-12(17-13)8-7-10-5-3-2-4-6-10/h2-6,9H,7-8H2,1H3,(H,15,16,17). The second kappa shape index (κ2) is 5.95. The fourth-order valence-electron chi connectivity index (χ4n) is 1.60. The average molecular weight is 339 g/mol.